The highest BCUT2D eigenvalue weighted by Crippen LogP contribution is 2.33. The number of aromatic nitrogens is 6. The maximum atomic E-state index is 13.8. The highest BCUT2D eigenvalue weighted by molar-refractivity contribution is 5.88. The van der Waals surface area contributed by atoms with Crippen molar-refractivity contribution in [2.24, 2.45) is 0 Å². The van der Waals surface area contributed by atoms with Crippen molar-refractivity contribution in [1.29, 1.82) is 0 Å². The Labute approximate surface area is 208 Å². The summed E-state index contributed by atoms with van der Waals surface area (Å²) >= 11 is 0. The van der Waals surface area contributed by atoms with Crippen LogP contribution in [0.2, 0.25) is 0 Å². The molecule has 198 valence electrons. The fourth-order valence-corrected chi connectivity index (χ4v) is 4.38. The SMILES string of the molecule is Nc1ncc(-c2nc(N3CCOCC3)c3nc(N4CCN(C(=O)CO)CC4)n(CC(F)(F)F)c3n2)cn1. The molecule has 1 amide bonds. The minimum absolute atomic E-state index is 0.0181. The minimum Gasteiger partial charge on any atom is -0.387 e. The summed E-state index contributed by atoms with van der Waals surface area (Å²) in [5, 5.41) is 9.14. The molecule has 0 saturated carbocycles. The largest absolute Gasteiger partial charge is 0.406 e. The third-order valence-electron chi connectivity index (χ3n) is 6.18. The summed E-state index contributed by atoms with van der Waals surface area (Å²) in [5.41, 5.74) is 6.23. The number of ether oxygens (including phenoxy) is 1. The number of halogens is 3. The molecule has 0 radical (unpaired) electrons. The van der Waals surface area contributed by atoms with E-state index in [1.165, 1.54) is 17.3 Å². The molecule has 2 aliphatic heterocycles. The van der Waals surface area contributed by atoms with E-state index < -0.39 is 25.2 Å². The van der Waals surface area contributed by atoms with Crippen molar-refractivity contribution in [1.82, 2.24) is 34.4 Å². The van der Waals surface area contributed by atoms with Gasteiger partial charge in [-0.05, 0) is 0 Å². The van der Waals surface area contributed by atoms with E-state index >= 15 is 0 Å². The zero-order valence-electron chi connectivity index (χ0n) is 19.7. The Kier molecular flexibility index (Phi) is 6.68. The summed E-state index contributed by atoms with van der Waals surface area (Å²) in [6, 6.07) is 0. The van der Waals surface area contributed by atoms with Crippen LogP contribution in [-0.2, 0) is 16.1 Å². The number of aliphatic hydroxyl groups excluding tert-OH is 1. The molecule has 0 bridgehead atoms. The van der Waals surface area contributed by atoms with E-state index in [4.69, 9.17) is 15.6 Å². The van der Waals surface area contributed by atoms with Crippen LogP contribution in [0.1, 0.15) is 0 Å². The normalized spacial score (nSPS) is 17.0. The van der Waals surface area contributed by atoms with E-state index in [9.17, 15) is 18.0 Å². The molecular weight excluding hydrogens is 497 g/mol. The van der Waals surface area contributed by atoms with Gasteiger partial charge in [0.25, 0.3) is 0 Å². The molecule has 0 aromatic carbocycles. The van der Waals surface area contributed by atoms with Crippen molar-refractivity contribution in [2.45, 2.75) is 12.7 Å². The van der Waals surface area contributed by atoms with Gasteiger partial charge in [0.1, 0.15) is 13.2 Å². The van der Waals surface area contributed by atoms with Crippen LogP contribution in [0, 0.1) is 0 Å². The smallest absolute Gasteiger partial charge is 0.387 e. The molecule has 3 N–H and O–H groups in total. The number of hydrogen-bond acceptors (Lipinski definition) is 11. The number of amides is 1. The van der Waals surface area contributed by atoms with Gasteiger partial charge in [0.15, 0.2) is 22.8 Å². The fourth-order valence-electron chi connectivity index (χ4n) is 4.38. The van der Waals surface area contributed by atoms with Gasteiger partial charge < -0.3 is 30.3 Å². The van der Waals surface area contributed by atoms with Gasteiger partial charge in [0.2, 0.25) is 17.8 Å². The lowest BCUT2D eigenvalue weighted by molar-refractivity contribution is -0.139. The van der Waals surface area contributed by atoms with Crippen LogP contribution in [-0.4, -0.2) is 111 Å². The predicted octanol–water partition coefficient (Wildman–Crippen LogP) is -0.0947. The second-order valence-corrected chi connectivity index (χ2v) is 8.61. The van der Waals surface area contributed by atoms with Crippen molar-refractivity contribution >= 4 is 34.8 Å². The quantitative estimate of drug-likeness (QED) is 0.462. The zero-order valence-corrected chi connectivity index (χ0v) is 19.7. The molecule has 0 spiro atoms. The molecule has 0 aliphatic carbocycles. The van der Waals surface area contributed by atoms with Gasteiger partial charge in [-0.2, -0.15) is 13.2 Å². The first kappa shape index (κ1) is 24.9. The van der Waals surface area contributed by atoms with Crippen LogP contribution in [0.3, 0.4) is 0 Å². The molecule has 2 aliphatic rings. The maximum absolute atomic E-state index is 13.8. The summed E-state index contributed by atoms with van der Waals surface area (Å²) in [6.45, 7) is 0.855. The van der Waals surface area contributed by atoms with Gasteiger partial charge in [0, 0.05) is 51.7 Å². The molecule has 2 fully saturated rings. The first-order valence-electron chi connectivity index (χ1n) is 11.6. The lowest BCUT2D eigenvalue weighted by atomic mass is 10.3. The van der Waals surface area contributed by atoms with E-state index in [-0.39, 0.29) is 55.1 Å². The molecule has 16 heteroatoms. The number of rotatable bonds is 5. The molecule has 37 heavy (non-hydrogen) atoms. The molecular formula is C21H25F3N10O3. The number of piperazine rings is 1. The van der Waals surface area contributed by atoms with Crippen LogP contribution in [0.4, 0.5) is 30.9 Å². The highest BCUT2D eigenvalue weighted by atomic mass is 19.4. The number of imidazole rings is 1. The van der Waals surface area contributed by atoms with Crippen molar-refractivity contribution in [2.75, 3.05) is 74.6 Å². The van der Waals surface area contributed by atoms with Gasteiger partial charge in [-0.3, -0.25) is 9.36 Å². The van der Waals surface area contributed by atoms with Crippen LogP contribution < -0.4 is 15.5 Å². The second kappa shape index (κ2) is 9.93. The predicted molar refractivity (Wildman–Crippen MR) is 126 cm³/mol. The number of alkyl halides is 3. The van der Waals surface area contributed by atoms with Crippen LogP contribution >= 0.6 is 0 Å². The average molecular weight is 522 g/mol. The Hall–Kier alpha value is -3.79. The molecule has 5 heterocycles. The maximum Gasteiger partial charge on any atom is 0.406 e. The lowest BCUT2D eigenvalue weighted by Crippen LogP contribution is -2.50. The molecule has 2 saturated heterocycles. The second-order valence-electron chi connectivity index (χ2n) is 8.61. The Morgan fingerprint density at radius 2 is 1.68 bits per heavy atom. The Morgan fingerprint density at radius 3 is 2.30 bits per heavy atom. The number of hydrogen-bond donors (Lipinski definition) is 2. The summed E-state index contributed by atoms with van der Waals surface area (Å²) in [5.74, 6) is 0.220. The van der Waals surface area contributed by atoms with Crippen LogP contribution in [0.5, 0.6) is 0 Å². The van der Waals surface area contributed by atoms with Crippen molar-refractivity contribution in [3.8, 4) is 11.4 Å². The number of carbonyl (C=O) groups is 1. The lowest BCUT2D eigenvalue weighted by Gasteiger charge is -2.35. The zero-order chi connectivity index (χ0) is 26.2. The monoisotopic (exact) mass is 522 g/mol. The van der Waals surface area contributed by atoms with Gasteiger partial charge in [0.05, 0.1) is 18.8 Å². The first-order chi connectivity index (χ1) is 17.7. The first-order valence-corrected chi connectivity index (χ1v) is 11.6. The van der Waals surface area contributed by atoms with Gasteiger partial charge >= 0.3 is 6.18 Å². The van der Waals surface area contributed by atoms with Gasteiger partial charge in [-0.1, -0.05) is 0 Å². The van der Waals surface area contributed by atoms with Crippen LogP contribution in [0.25, 0.3) is 22.6 Å². The van der Waals surface area contributed by atoms with Gasteiger partial charge in [-0.25, -0.2) is 24.9 Å². The van der Waals surface area contributed by atoms with Crippen molar-refractivity contribution < 1.29 is 27.8 Å². The van der Waals surface area contributed by atoms with Gasteiger partial charge in [-0.15, -0.1) is 0 Å². The number of anilines is 3. The Balaban J connectivity index is 1.64. The Morgan fingerprint density at radius 1 is 1.00 bits per heavy atom. The number of fused-ring (bicyclic) bond motifs is 1. The molecule has 0 atom stereocenters. The molecule has 5 rings (SSSR count). The summed E-state index contributed by atoms with van der Waals surface area (Å²) < 4.78 is 47.8. The van der Waals surface area contributed by atoms with E-state index in [0.717, 1.165) is 4.57 Å². The van der Waals surface area contributed by atoms with Crippen LogP contribution in [0.15, 0.2) is 12.4 Å². The molecule has 3 aromatic heterocycles. The Bertz CT molecular complexity index is 1270. The number of nitrogens with two attached hydrogens (primary N) is 1. The number of nitrogen functional groups attached to an aromatic ring is 1. The van der Waals surface area contributed by atoms with Crippen molar-refractivity contribution in [3.05, 3.63) is 12.4 Å². The standard InChI is InChI=1S/C21H25F3N10O3/c22-21(23,24)12-34-18-15(28-20(34)33-3-1-31(2-4-33)14(36)11-35)17(32-5-7-37-8-6-32)29-16(30-18)13-9-26-19(25)27-10-13/h9-10,35H,1-8,11-12H2,(H2,25,26,27). The topological polar surface area (TPSA) is 152 Å². The minimum atomic E-state index is -4.55. The van der Waals surface area contributed by atoms with E-state index in [2.05, 4.69) is 24.9 Å². The van der Waals surface area contributed by atoms with E-state index in [0.29, 0.717) is 37.7 Å². The molecule has 3 aromatic rings. The number of nitrogens with zero attached hydrogens (tertiary/aromatic N) is 9. The molecule has 13 nitrogen and oxygen atoms in total. The highest BCUT2D eigenvalue weighted by Gasteiger charge is 2.34. The third kappa shape index (κ3) is 5.20. The summed E-state index contributed by atoms with van der Waals surface area (Å²) in [4.78, 5) is 38.6. The van der Waals surface area contributed by atoms with E-state index in [1.54, 1.807) is 4.90 Å². The third-order valence-corrected chi connectivity index (χ3v) is 6.18. The van der Waals surface area contributed by atoms with Crippen molar-refractivity contribution in [3.63, 3.8) is 0 Å². The van der Waals surface area contributed by atoms with E-state index in [1.807, 2.05) is 4.90 Å². The number of carbonyl (C=O) groups excluding carboxylic acids is 1. The fraction of sp³-hybridized carbons (Fsp3) is 0.524. The summed E-state index contributed by atoms with van der Waals surface area (Å²) in [7, 11) is 0. The summed E-state index contributed by atoms with van der Waals surface area (Å²) in [6.07, 6.45) is -1.73. The average Bonchev–Trinajstić information content (AvgIpc) is 3.25. The number of aliphatic hydroxyl groups is 1. The molecule has 0 unspecified atom stereocenters. The number of morpholine rings is 1.